The van der Waals surface area contributed by atoms with Crippen LogP contribution in [0.2, 0.25) is 0 Å². The zero-order valence-corrected chi connectivity index (χ0v) is 14.1. The monoisotopic (exact) mass is 313 g/mol. The lowest BCUT2D eigenvalue weighted by Gasteiger charge is -2.03. The highest BCUT2D eigenvalue weighted by atomic mass is 16.3. The van der Waals surface area contributed by atoms with E-state index in [0.29, 0.717) is 0 Å². The molecule has 118 valence electrons. The van der Waals surface area contributed by atoms with Gasteiger partial charge in [0.25, 0.3) is 0 Å². The van der Waals surface area contributed by atoms with E-state index < -0.39 is 0 Å². The van der Waals surface area contributed by atoms with E-state index in [1.165, 1.54) is 11.1 Å². The number of pyridine rings is 1. The van der Waals surface area contributed by atoms with Crippen LogP contribution in [0.1, 0.15) is 16.7 Å². The molecule has 0 aliphatic carbocycles. The molecule has 0 fully saturated rings. The van der Waals surface area contributed by atoms with Crippen LogP contribution in [0, 0.1) is 20.8 Å². The summed E-state index contributed by atoms with van der Waals surface area (Å²) in [6, 6.07) is 21.0. The van der Waals surface area contributed by atoms with E-state index in [9.17, 15) is 0 Å². The second-order valence-electron chi connectivity index (χ2n) is 6.38. The molecule has 24 heavy (non-hydrogen) atoms. The summed E-state index contributed by atoms with van der Waals surface area (Å²) in [6.07, 6.45) is 0. The van der Waals surface area contributed by atoms with Crippen LogP contribution in [-0.4, -0.2) is 4.98 Å². The van der Waals surface area contributed by atoms with E-state index in [1.54, 1.807) is 0 Å². The van der Waals surface area contributed by atoms with Crippen LogP contribution in [0.15, 0.2) is 65.1 Å². The Balaban J connectivity index is 1.83. The first kappa shape index (κ1) is 14.7. The number of nitrogens with zero attached hydrogens (tertiary/aromatic N) is 1. The van der Waals surface area contributed by atoms with Crippen LogP contribution >= 0.6 is 0 Å². The highest BCUT2D eigenvalue weighted by Crippen LogP contribution is 2.31. The van der Waals surface area contributed by atoms with Gasteiger partial charge in [-0.1, -0.05) is 59.7 Å². The molecule has 0 atom stereocenters. The fourth-order valence-corrected chi connectivity index (χ4v) is 2.91. The van der Waals surface area contributed by atoms with Crippen molar-refractivity contribution in [3.63, 3.8) is 0 Å². The van der Waals surface area contributed by atoms with E-state index >= 15 is 0 Å². The molecule has 2 heterocycles. The third-order valence-electron chi connectivity index (χ3n) is 4.35. The van der Waals surface area contributed by atoms with Crippen molar-refractivity contribution in [2.75, 3.05) is 0 Å². The molecule has 2 heteroatoms. The van der Waals surface area contributed by atoms with Crippen LogP contribution in [0.4, 0.5) is 0 Å². The number of fused-ring (bicyclic) bond motifs is 1. The molecule has 0 saturated heterocycles. The van der Waals surface area contributed by atoms with Crippen LogP contribution < -0.4 is 0 Å². The van der Waals surface area contributed by atoms with Gasteiger partial charge in [0.05, 0.1) is 5.69 Å². The minimum Gasteiger partial charge on any atom is -0.454 e. The topological polar surface area (TPSA) is 26.0 Å². The number of benzene rings is 2. The van der Waals surface area contributed by atoms with Crippen molar-refractivity contribution in [1.82, 2.24) is 4.98 Å². The Labute approximate surface area is 141 Å². The maximum absolute atomic E-state index is 6.07. The van der Waals surface area contributed by atoms with Gasteiger partial charge in [-0.3, -0.25) is 0 Å². The number of aryl methyl sites for hydroxylation is 3. The summed E-state index contributed by atoms with van der Waals surface area (Å²) in [7, 11) is 0. The van der Waals surface area contributed by atoms with Crippen LogP contribution in [-0.2, 0) is 0 Å². The van der Waals surface area contributed by atoms with Gasteiger partial charge in [-0.25, -0.2) is 4.98 Å². The van der Waals surface area contributed by atoms with Crippen LogP contribution in [0.3, 0.4) is 0 Å². The summed E-state index contributed by atoms with van der Waals surface area (Å²) in [6.45, 7) is 6.25. The summed E-state index contributed by atoms with van der Waals surface area (Å²) in [4.78, 5) is 4.81. The average Bonchev–Trinajstić information content (AvgIpc) is 3.01. The maximum atomic E-state index is 6.07. The first-order valence-corrected chi connectivity index (χ1v) is 8.15. The van der Waals surface area contributed by atoms with Gasteiger partial charge in [0.2, 0.25) is 0 Å². The SMILES string of the molecule is Cc1ccc(-c2cc(C)c3oc(-c4ccc(C)cc4)cc3n2)cc1. The fourth-order valence-electron chi connectivity index (χ4n) is 2.91. The molecule has 2 nitrogen and oxygen atoms in total. The maximum Gasteiger partial charge on any atom is 0.156 e. The molecule has 2 aromatic carbocycles. The number of hydrogen-bond acceptors (Lipinski definition) is 2. The second-order valence-corrected chi connectivity index (χ2v) is 6.38. The Kier molecular flexibility index (Phi) is 3.46. The molecular weight excluding hydrogens is 294 g/mol. The lowest BCUT2D eigenvalue weighted by atomic mass is 10.1. The molecule has 0 N–H and O–H groups in total. The van der Waals surface area contributed by atoms with Gasteiger partial charge in [0, 0.05) is 17.2 Å². The Morgan fingerprint density at radius 2 is 1.29 bits per heavy atom. The van der Waals surface area contributed by atoms with Gasteiger partial charge >= 0.3 is 0 Å². The number of rotatable bonds is 2. The fraction of sp³-hybridized carbons (Fsp3) is 0.136. The molecule has 0 amide bonds. The molecule has 0 aliphatic heterocycles. The van der Waals surface area contributed by atoms with E-state index in [4.69, 9.17) is 9.40 Å². The molecular formula is C22H19NO. The summed E-state index contributed by atoms with van der Waals surface area (Å²) in [5.41, 5.74) is 8.55. The number of furan rings is 1. The summed E-state index contributed by atoms with van der Waals surface area (Å²) in [5, 5.41) is 0. The largest absolute Gasteiger partial charge is 0.454 e. The van der Waals surface area contributed by atoms with Gasteiger partial charge in [-0.15, -0.1) is 0 Å². The third kappa shape index (κ3) is 2.61. The molecule has 2 aromatic heterocycles. The van der Waals surface area contributed by atoms with E-state index in [0.717, 1.165) is 39.2 Å². The first-order chi connectivity index (χ1) is 11.6. The highest BCUT2D eigenvalue weighted by Gasteiger charge is 2.12. The standard InChI is InChI=1S/C22H19NO/c1-14-4-8-17(9-5-14)19-12-16(3)22-20(23-19)13-21(24-22)18-10-6-15(2)7-11-18/h4-13H,1-3H3. The molecule has 0 bridgehead atoms. The van der Waals surface area contributed by atoms with Gasteiger partial charge < -0.3 is 4.42 Å². The van der Waals surface area contributed by atoms with Crippen molar-refractivity contribution in [2.45, 2.75) is 20.8 Å². The van der Waals surface area contributed by atoms with Crippen LogP contribution in [0.25, 0.3) is 33.7 Å². The molecule has 0 spiro atoms. The molecule has 0 aliphatic rings. The third-order valence-corrected chi connectivity index (χ3v) is 4.35. The molecule has 0 saturated carbocycles. The van der Waals surface area contributed by atoms with Crippen molar-refractivity contribution in [1.29, 1.82) is 0 Å². The average molecular weight is 313 g/mol. The van der Waals surface area contributed by atoms with Gasteiger partial charge in [0.15, 0.2) is 5.58 Å². The molecule has 4 aromatic rings. The summed E-state index contributed by atoms with van der Waals surface area (Å²) in [5.74, 6) is 0.863. The lowest BCUT2D eigenvalue weighted by molar-refractivity contribution is 0.628. The molecule has 0 radical (unpaired) electrons. The number of aromatic nitrogens is 1. The number of hydrogen-bond donors (Lipinski definition) is 0. The van der Waals surface area contributed by atoms with Crippen molar-refractivity contribution in [2.24, 2.45) is 0 Å². The van der Waals surface area contributed by atoms with Crippen LogP contribution in [0.5, 0.6) is 0 Å². The Morgan fingerprint density at radius 3 is 1.92 bits per heavy atom. The minimum atomic E-state index is 0.862. The van der Waals surface area contributed by atoms with Crippen molar-refractivity contribution >= 4 is 11.1 Å². The molecule has 4 rings (SSSR count). The van der Waals surface area contributed by atoms with Crippen molar-refractivity contribution < 1.29 is 4.42 Å². The highest BCUT2D eigenvalue weighted by molar-refractivity contribution is 5.84. The minimum absolute atomic E-state index is 0.862. The first-order valence-electron chi connectivity index (χ1n) is 8.15. The Hall–Kier alpha value is -2.87. The Bertz CT molecular complexity index is 1010. The van der Waals surface area contributed by atoms with E-state index in [1.807, 2.05) is 6.07 Å². The van der Waals surface area contributed by atoms with Gasteiger partial charge in [-0.2, -0.15) is 0 Å². The van der Waals surface area contributed by atoms with Crippen molar-refractivity contribution in [3.8, 4) is 22.6 Å². The summed E-state index contributed by atoms with van der Waals surface area (Å²) >= 11 is 0. The van der Waals surface area contributed by atoms with Gasteiger partial charge in [-0.05, 0) is 32.4 Å². The normalized spacial score (nSPS) is 11.1. The predicted molar refractivity (Wildman–Crippen MR) is 99.1 cm³/mol. The van der Waals surface area contributed by atoms with E-state index in [-0.39, 0.29) is 0 Å². The zero-order chi connectivity index (χ0) is 16.7. The summed E-state index contributed by atoms with van der Waals surface area (Å²) < 4.78 is 6.07. The second kappa shape index (κ2) is 5.64. The van der Waals surface area contributed by atoms with E-state index in [2.05, 4.69) is 75.4 Å². The smallest absolute Gasteiger partial charge is 0.156 e. The molecule has 0 unspecified atom stereocenters. The Morgan fingerprint density at radius 1 is 0.708 bits per heavy atom. The van der Waals surface area contributed by atoms with Crippen molar-refractivity contribution in [3.05, 3.63) is 77.4 Å². The quantitative estimate of drug-likeness (QED) is 0.448. The lowest BCUT2D eigenvalue weighted by Crippen LogP contribution is -1.86. The van der Waals surface area contributed by atoms with Gasteiger partial charge in [0.1, 0.15) is 11.3 Å². The zero-order valence-electron chi connectivity index (χ0n) is 14.1. The predicted octanol–water partition coefficient (Wildman–Crippen LogP) is 6.09.